The van der Waals surface area contributed by atoms with Gasteiger partial charge < -0.3 is 14.2 Å². The van der Waals surface area contributed by atoms with Crippen molar-refractivity contribution in [1.82, 2.24) is 5.32 Å². The van der Waals surface area contributed by atoms with Crippen molar-refractivity contribution in [2.24, 2.45) is 0 Å². The van der Waals surface area contributed by atoms with Crippen LogP contribution in [0.4, 0.5) is 8.78 Å². The molecule has 0 atom stereocenters. The maximum atomic E-state index is 12.1. The van der Waals surface area contributed by atoms with Gasteiger partial charge in [-0.25, -0.2) is 4.79 Å². The summed E-state index contributed by atoms with van der Waals surface area (Å²) in [5.74, 6) is -2.14. The summed E-state index contributed by atoms with van der Waals surface area (Å²) in [7, 11) is 1.43. The number of carbonyl (C=O) groups is 3. The van der Waals surface area contributed by atoms with E-state index in [1.54, 1.807) is 12.1 Å². The molecule has 2 amide bonds. The Morgan fingerprint density at radius 2 is 1.71 bits per heavy atom. The van der Waals surface area contributed by atoms with E-state index in [1.807, 2.05) is 5.32 Å². The lowest BCUT2D eigenvalue weighted by Crippen LogP contribution is -2.34. The summed E-state index contributed by atoms with van der Waals surface area (Å²) in [5.41, 5.74) is 0.185. The zero-order valence-corrected chi connectivity index (χ0v) is 16.0. The van der Waals surface area contributed by atoms with E-state index >= 15 is 0 Å². The number of halogens is 3. The summed E-state index contributed by atoms with van der Waals surface area (Å²) in [6, 6.07) is 9.37. The minimum atomic E-state index is -2.99. The van der Waals surface area contributed by atoms with Gasteiger partial charge in [-0.1, -0.05) is 0 Å². The molecule has 28 heavy (non-hydrogen) atoms. The largest absolute Gasteiger partial charge is 0.497 e. The Labute approximate surface area is 166 Å². The first-order valence-corrected chi connectivity index (χ1v) is 8.49. The molecule has 10 heteroatoms. The fourth-order valence-electron chi connectivity index (χ4n) is 2.02. The van der Waals surface area contributed by atoms with Crippen molar-refractivity contribution in [2.75, 3.05) is 13.7 Å². The molecule has 0 heterocycles. The Kier molecular flexibility index (Phi) is 7.44. The van der Waals surface area contributed by atoms with Crippen molar-refractivity contribution in [3.63, 3.8) is 0 Å². The van der Waals surface area contributed by atoms with E-state index in [-0.39, 0.29) is 16.9 Å². The molecule has 2 rings (SSSR count). The highest BCUT2D eigenvalue weighted by Crippen LogP contribution is 2.23. The number of ether oxygens (including phenoxy) is 3. The molecule has 0 bridgehead atoms. The number of imide groups is 1. The smallest absolute Gasteiger partial charge is 0.387 e. The van der Waals surface area contributed by atoms with Gasteiger partial charge in [0.1, 0.15) is 11.5 Å². The van der Waals surface area contributed by atoms with Gasteiger partial charge in [0.15, 0.2) is 6.61 Å². The third-order valence-electron chi connectivity index (χ3n) is 3.32. The van der Waals surface area contributed by atoms with Crippen LogP contribution >= 0.6 is 15.9 Å². The molecule has 7 nitrogen and oxygen atoms in total. The van der Waals surface area contributed by atoms with E-state index in [0.717, 1.165) is 12.1 Å². The van der Waals surface area contributed by atoms with Crippen molar-refractivity contribution in [3.05, 3.63) is 58.1 Å². The van der Waals surface area contributed by atoms with Crippen LogP contribution in [0.15, 0.2) is 46.9 Å². The van der Waals surface area contributed by atoms with E-state index in [0.29, 0.717) is 10.2 Å². The van der Waals surface area contributed by atoms with Gasteiger partial charge >= 0.3 is 12.6 Å². The summed E-state index contributed by atoms with van der Waals surface area (Å²) in [6.45, 7) is -3.68. The summed E-state index contributed by atoms with van der Waals surface area (Å²) in [6.07, 6.45) is 0. The number of methoxy groups -OCH3 is 1. The molecule has 0 aromatic heterocycles. The molecular formula is C18H14BrF2NO6. The molecule has 0 aliphatic heterocycles. The van der Waals surface area contributed by atoms with Gasteiger partial charge in [0.05, 0.1) is 12.7 Å². The van der Waals surface area contributed by atoms with Crippen LogP contribution in [0.3, 0.4) is 0 Å². The van der Waals surface area contributed by atoms with Crippen molar-refractivity contribution in [2.45, 2.75) is 6.61 Å². The molecule has 0 radical (unpaired) electrons. The number of benzene rings is 2. The van der Waals surface area contributed by atoms with Crippen LogP contribution in [0, 0.1) is 0 Å². The minimum Gasteiger partial charge on any atom is -0.497 e. The number of alkyl halides is 2. The Balaban J connectivity index is 1.89. The van der Waals surface area contributed by atoms with E-state index in [2.05, 4.69) is 20.7 Å². The van der Waals surface area contributed by atoms with E-state index < -0.39 is 31.0 Å². The molecule has 0 unspecified atom stereocenters. The Morgan fingerprint density at radius 1 is 1.07 bits per heavy atom. The van der Waals surface area contributed by atoms with Crippen LogP contribution in [0.25, 0.3) is 0 Å². The maximum Gasteiger partial charge on any atom is 0.387 e. The van der Waals surface area contributed by atoms with Gasteiger partial charge in [-0.05, 0) is 58.4 Å². The predicted molar refractivity (Wildman–Crippen MR) is 96.5 cm³/mol. The summed E-state index contributed by atoms with van der Waals surface area (Å²) >= 11 is 3.19. The Bertz CT molecular complexity index is 873. The quantitative estimate of drug-likeness (QED) is 0.642. The minimum absolute atomic E-state index is 0.0387. The second-order valence-electron chi connectivity index (χ2n) is 5.20. The molecule has 0 aliphatic rings. The van der Waals surface area contributed by atoms with Gasteiger partial charge in [0, 0.05) is 10.0 Å². The van der Waals surface area contributed by atoms with Gasteiger partial charge in [0.25, 0.3) is 11.8 Å². The molecule has 0 spiro atoms. The fraction of sp³-hybridized carbons (Fsp3) is 0.167. The molecule has 0 saturated heterocycles. The lowest BCUT2D eigenvalue weighted by molar-refractivity contribution is -0.123. The Hall–Kier alpha value is -3.01. The number of rotatable bonds is 7. The first kappa shape index (κ1) is 21.3. The molecule has 0 saturated carbocycles. The third-order valence-corrected chi connectivity index (χ3v) is 4.01. The summed E-state index contributed by atoms with van der Waals surface area (Å²) < 4.78 is 38.7. The highest BCUT2D eigenvalue weighted by molar-refractivity contribution is 9.10. The zero-order chi connectivity index (χ0) is 20.7. The summed E-state index contributed by atoms with van der Waals surface area (Å²) in [4.78, 5) is 35.8. The number of hydrogen-bond donors (Lipinski definition) is 1. The standard InChI is InChI=1S/C18H14BrF2NO6/c1-26-12-6-7-14(19)13(8-12)17(25)27-9-15(23)22-16(24)10-2-4-11(5-3-10)28-18(20)21/h2-8,18H,9H2,1H3,(H,22,23,24). The first-order valence-electron chi connectivity index (χ1n) is 7.70. The molecule has 148 valence electrons. The lowest BCUT2D eigenvalue weighted by atomic mass is 10.2. The SMILES string of the molecule is COc1ccc(Br)c(C(=O)OCC(=O)NC(=O)c2ccc(OC(F)F)cc2)c1. The van der Waals surface area contributed by atoms with Crippen molar-refractivity contribution >= 4 is 33.7 Å². The molecule has 0 fully saturated rings. The average Bonchev–Trinajstić information content (AvgIpc) is 2.66. The Morgan fingerprint density at radius 3 is 2.32 bits per heavy atom. The van der Waals surface area contributed by atoms with Crippen LogP contribution in [-0.2, 0) is 9.53 Å². The maximum absolute atomic E-state index is 12.1. The number of amides is 2. The van der Waals surface area contributed by atoms with Crippen LogP contribution in [0.5, 0.6) is 11.5 Å². The molecular weight excluding hydrogens is 444 g/mol. The second kappa shape index (κ2) is 9.79. The topological polar surface area (TPSA) is 90.9 Å². The van der Waals surface area contributed by atoms with Crippen LogP contribution in [0.1, 0.15) is 20.7 Å². The van der Waals surface area contributed by atoms with Crippen molar-refractivity contribution in [1.29, 1.82) is 0 Å². The molecule has 2 aromatic carbocycles. The monoisotopic (exact) mass is 457 g/mol. The van der Waals surface area contributed by atoms with Crippen molar-refractivity contribution in [3.8, 4) is 11.5 Å². The third kappa shape index (κ3) is 6.02. The number of nitrogens with one attached hydrogen (secondary N) is 1. The number of esters is 1. The molecule has 2 aromatic rings. The van der Waals surface area contributed by atoms with Crippen molar-refractivity contribution < 1.29 is 37.4 Å². The molecule has 0 aliphatic carbocycles. The van der Waals surface area contributed by atoms with Crippen LogP contribution in [0.2, 0.25) is 0 Å². The highest BCUT2D eigenvalue weighted by Gasteiger charge is 2.16. The zero-order valence-electron chi connectivity index (χ0n) is 14.4. The van der Waals surface area contributed by atoms with Gasteiger partial charge in [-0.2, -0.15) is 8.78 Å². The normalized spacial score (nSPS) is 10.3. The second-order valence-corrected chi connectivity index (χ2v) is 6.06. The van der Waals surface area contributed by atoms with Gasteiger partial charge in [0.2, 0.25) is 0 Å². The average molecular weight is 458 g/mol. The fourth-order valence-corrected chi connectivity index (χ4v) is 2.43. The van der Waals surface area contributed by atoms with Gasteiger partial charge in [-0.15, -0.1) is 0 Å². The van der Waals surface area contributed by atoms with E-state index in [1.165, 1.54) is 25.3 Å². The van der Waals surface area contributed by atoms with E-state index in [9.17, 15) is 23.2 Å². The van der Waals surface area contributed by atoms with E-state index in [4.69, 9.17) is 9.47 Å². The number of hydrogen-bond acceptors (Lipinski definition) is 6. The van der Waals surface area contributed by atoms with Gasteiger partial charge in [-0.3, -0.25) is 14.9 Å². The van der Waals surface area contributed by atoms with Crippen LogP contribution < -0.4 is 14.8 Å². The lowest BCUT2D eigenvalue weighted by Gasteiger charge is -2.09. The highest BCUT2D eigenvalue weighted by atomic mass is 79.9. The summed E-state index contributed by atoms with van der Waals surface area (Å²) in [5, 5.41) is 2.02. The molecule has 1 N–H and O–H groups in total. The first-order chi connectivity index (χ1) is 13.3. The number of carbonyl (C=O) groups excluding carboxylic acids is 3. The van der Waals surface area contributed by atoms with Crippen LogP contribution in [-0.4, -0.2) is 38.1 Å². The predicted octanol–water partition coefficient (Wildman–Crippen LogP) is 3.17.